The number of rotatable bonds is 9. The van der Waals surface area contributed by atoms with Crippen molar-refractivity contribution in [3.63, 3.8) is 0 Å². The Morgan fingerprint density at radius 1 is 1.12 bits per heavy atom. The van der Waals surface area contributed by atoms with Crippen molar-refractivity contribution < 1.29 is 4.74 Å². The highest BCUT2D eigenvalue weighted by molar-refractivity contribution is 5.17. The van der Waals surface area contributed by atoms with Crippen LogP contribution in [0, 0.1) is 0 Å². The lowest BCUT2D eigenvalue weighted by Gasteiger charge is -2.19. The molecule has 0 bridgehead atoms. The highest BCUT2D eigenvalue weighted by Gasteiger charge is 2.10. The van der Waals surface area contributed by atoms with E-state index >= 15 is 0 Å². The molecule has 0 heterocycles. The number of unbranched alkanes of at least 4 members (excludes halogenated alkanes) is 1. The number of nitrogens with one attached hydrogen (secondary N) is 1. The van der Waals surface area contributed by atoms with Crippen molar-refractivity contribution in [2.24, 2.45) is 0 Å². The Morgan fingerprint density at radius 3 is 2.53 bits per heavy atom. The molecule has 0 spiro atoms. The molecule has 1 aromatic carbocycles. The fraction of sp³-hybridized carbons (Fsp3) is 0.600. The van der Waals surface area contributed by atoms with E-state index in [1.807, 2.05) is 6.07 Å². The molecule has 0 aromatic heterocycles. The Labute approximate surface area is 105 Å². The van der Waals surface area contributed by atoms with Gasteiger partial charge in [0.1, 0.15) is 0 Å². The lowest BCUT2D eigenvalue weighted by molar-refractivity contribution is 0.0508. The van der Waals surface area contributed by atoms with Crippen LogP contribution in [0.1, 0.15) is 44.8 Å². The second-order valence-electron chi connectivity index (χ2n) is 4.33. The van der Waals surface area contributed by atoms with Crippen LogP contribution >= 0.6 is 0 Å². The molecule has 0 fully saturated rings. The standard InChI is InChI=1S/C15H25NO/c1-3-5-12-17-15(13-16-11-4-2)14-9-7-6-8-10-14/h6-10,15-16H,3-5,11-13H2,1-2H3. The summed E-state index contributed by atoms with van der Waals surface area (Å²) in [6.07, 6.45) is 3.67. The average Bonchev–Trinajstić information content (AvgIpc) is 2.38. The van der Waals surface area contributed by atoms with E-state index in [0.29, 0.717) is 0 Å². The van der Waals surface area contributed by atoms with Gasteiger partial charge in [0.2, 0.25) is 0 Å². The van der Waals surface area contributed by atoms with Crippen molar-refractivity contribution in [2.45, 2.75) is 39.2 Å². The first-order valence-electron chi connectivity index (χ1n) is 6.75. The van der Waals surface area contributed by atoms with Gasteiger partial charge in [-0.05, 0) is 24.9 Å². The molecule has 1 rings (SSSR count). The Bertz CT molecular complexity index is 264. The van der Waals surface area contributed by atoms with E-state index in [0.717, 1.165) is 32.5 Å². The Hall–Kier alpha value is -0.860. The Morgan fingerprint density at radius 2 is 1.88 bits per heavy atom. The SMILES string of the molecule is CCCCOC(CNCCC)c1ccccc1. The van der Waals surface area contributed by atoms with Crippen LogP contribution in [0.25, 0.3) is 0 Å². The minimum Gasteiger partial charge on any atom is -0.372 e. The van der Waals surface area contributed by atoms with Crippen LogP contribution in [0.2, 0.25) is 0 Å². The van der Waals surface area contributed by atoms with Crippen molar-refractivity contribution in [3.05, 3.63) is 35.9 Å². The van der Waals surface area contributed by atoms with Crippen LogP contribution in [0.3, 0.4) is 0 Å². The van der Waals surface area contributed by atoms with E-state index in [4.69, 9.17) is 4.74 Å². The van der Waals surface area contributed by atoms with Crippen LogP contribution in [-0.4, -0.2) is 19.7 Å². The first kappa shape index (κ1) is 14.2. The number of benzene rings is 1. The third-order valence-electron chi connectivity index (χ3n) is 2.74. The zero-order chi connectivity index (χ0) is 12.3. The maximum Gasteiger partial charge on any atom is 0.0949 e. The third-order valence-corrected chi connectivity index (χ3v) is 2.74. The molecular weight excluding hydrogens is 210 g/mol. The lowest BCUT2D eigenvalue weighted by Crippen LogP contribution is -2.24. The fourth-order valence-electron chi connectivity index (χ4n) is 1.72. The molecule has 1 atom stereocenters. The summed E-state index contributed by atoms with van der Waals surface area (Å²) >= 11 is 0. The van der Waals surface area contributed by atoms with Crippen molar-refractivity contribution in [3.8, 4) is 0 Å². The Balaban J connectivity index is 2.46. The van der Waals surface area contributed by atoms with Gasteiger partial charge in [-0.3, -0.25) is 0 Å². The van der Waals surface area contributed by atoms with Crippen LogP contribution in [0.15, 0.2) is 30.3 Å². The summed E-state index contributed by atoms with van der Waals surface area (Å²) in [7, 11) is 0. The summed E-state index contributed by atoms with van der Waals surface area (Å²) in [6, 6.07) is 10.5. The molecule has 0 radical (unpaired) electrons. The molecule has 2 heteroatoms. The van der Waals surface area contributed by atoms with Gasteiger partial charge in [-0.15, -0.1) is 0 Å². The summed E-state index contributed by atoms with van der Waals surface area (Å²) in [4.78, 5) is 0. The molecule has 0 aliphatic heterocycles. The minimum absolute atomic E-state index is 0.189. The maximum absolute atomic E-state index is 5.95. The van der Waals surface area contributed by atoms with E-state index in [1.165, 1.54) is 12.0 Å². The van der Waals surface area contributed by atoms with Crippen molar-refractivity contribution >= 4 is 0 Å². The van der Waals surface area contributed by atoms with Crippen LogP contribution < -0.4 is 5.32 Å². The predicted octanol–water partition coefficient (Wildman–Crippen LogP) is 3.54. The van der Waals surface area contributed by atoms with Crippen molar-refractivity contribution in [1.82, 2.24) is 5.32 Å². The van der Waals surface area contributed by atoms with Crippen LogP contribution in [-0.2, 0) is 4.74 Å². The molecule has 0 aliphatic carbocycles. The highest BCUT2D eigenvalue weighted by Crippen LogP contribution is 2.16. The second-order valence-corrected chi connectivity index (χ2v) is 4.33. The molecular formula is C15H25NO. The van der Waals surface area contributed by atoms with E-state index in [2.05, 4.69) is 43.4 Å². The number of hydrogen-bond acceptors (Lipinski definition) is 2. The summed E-state index contributed by atoms with van der Waals surface area (Å²) in [5.41, 5.74) is 1.27. The fourth-order valence-corrected chi connectivity index (χ4v) is 1.72. The van der Waals surface area contributed by atoms with Gasteiger partial charge in [0.05, 0.1) is 6.10 Å². The zero-order valence-electron chi connectivity index (χ0n) is 11.1. The number of hydrogen-bond donors (Lipinski definition) is 1. The summed E-state index contributed by atoms with van der Waals surface area (Å²) in [5, 5.41) is 3.44. The zero-order valence-corrected chi connectivity index (χ0v) is 11.1. The molecule has 17 heavy (non-hydrogen) atoms. The quantitative estimate of drug-likeness (QED) is 0.661. The van der Waals surface area contributed by atoms with E-state index < -0.39 is 0 Å². The van der Waals surface area contributed by atoms with E-state index in [1.54, 1.807) is 0 Å². The first-order chi connectivity index (χ1) is 8.38. The van der Waals surface area contributed by atoms with Gasteiger partial charge in [0, 0.05) is 13.2 Å². The molecule has 0 saturated heterocycles. The van der Waals surface area contributed by atoms with Crippen molar-refractivity contribution in [1.29, 1.82) is 0 Å². The summed E-state index contributed by atoms with van der Waals surface area (Å²) in [5.74, 6) is 0. The Kier molecular flexibility index (Phi) is 7.69. The molecule has 0 aliphatic rings. The summed E-state index contributed by atoms with van der Waals surface area (Å²) < 4.78 is 5.95. The van der Waals surface area contributed by atoms with Gasteiger partial charge in [-0.25, -0.2) is 0 Å². The van der Waals surface area contributed by atoms with Gasteiger partial charge in [0.25, 0.3) is 0 Å². The molecule has 1 unspecified atom stereocenters. The van der Waals surface area contributed by atoms with Gasteiger partial charge in [0.15, 0.2) is 0 Å². The van der Waals surface area contributed by atoms with Gasteiger partial charge < -0.3 is 10.1 Å². The van der Waals surface area contributed by atoms with E-state index in [-0.39, 0.29) is 6.10 Å². The second kappa shape index (κ2) is 9.20. The smallest absolute Gasteiger partial charge is 0.0949 e. The predicted molar refractivity (Wildman–Crippen MR) is 73.2 cm³/mol. The van der Waals surface area contributed by atoms with Gasteiger partial charge in [-0.1, -0.05) is 50.6 Å². The van der Waals surface area contributed by atoms with Gasteiger partial charge >= 0.3 is 0 Å². The molecule has 2 nitrogen and oxygen atoms in total. The normalized spacial score (nSPS) is 12.6. The maximum atomic E-state index is 5.95. The molecule has 0 saturated carbocycles. The topological polar surface area (TPSA) is 21.3 Å². The van der Waals surface area contributed by atoms with Crippen LogP contribution in [0.4, 0.5) is 0 Å². The molecule has 96 valence electrons. The monoisotopic (exact) mass is 235 g/mol. The highest BCUT2D eigenvalue weighted by atomic mass is 16.5. The van der Waals surface area contributed by atoms with Crippen molar-refractivity contribution in [2.75, 3.05) is 19.7 Å². The summed E-state index contributed by atoms with van der Waals surface area (Å²) in [6.45, 7) is 7.19. The largest absolute Gasteiger partial charge is 0.372 e. The lowest BCUT2D eigenvalue weighted by atomic mass is 10.1. The number of ether oxygens (including phenoxy) is 1. The molecule has 0 amide bonds. The molecule has 1 aromatic rings. The minimum atomic E-state index is 0.189. The third kappa shape index (κ3) is 5.85. The van der Waals surface area contributed by atoms with E-state index in [9.17, 15) is 0 Å². The van der Waals surface area contributed by atoms with Crippen LogP contribution in [0.5, 0.6) is 0 Å². The molecule has 1 N–H and O–H groups in total. The van der Waals surface area contributed by atoms with Gasteiger partial charge in [-0.2, -0.15) is 0 Å². The average molecular weight is 235 g/mol. The first-order valence-corrected chi connectivity index (χ1v) is 6.75.